The number of quaternary nitrogens is 1. The summed E-state index contributed by atoms with van der Waals surface area (Å²) in [5.41, 5.74) is 0.675. The molecule has 2 aromatic rings. The number of para-hydroxylation sites is 1. The average Bonchev–Trinajstić information content (AvgIpc) is 2.69. The van der Waals surface area contributed by atoms with E-state index in [9.17, 15) is 14.0 Å². The predicted octanol–water partition coefficient (Wildman–Crippen LogP) is 1.85. The van der Waals surface area contributed by atoms with Crippen molar-refractivity contribution >= 4 is 29.1 Å². The van der Waals surface area contributed by atoms with Crippen LogP contribution in [0, 0.1) is 5.82 Å². The summed E-state index contributed by atoms with van der Waals surface area (Å²) < 4.78 is 13.7. The molecular formula is C20H22ClFN3O2+. The van der Waals surface area contributed by atoms with Crippen molar-refractivity contribution in [2.45, 2.75) is 13.0 Å². The van der Waals surface area contributed by atoms with Crippen LogP contribution in [0.3, 0.4) is 0 Å². The second kappa shape index (κ2) is 8.50. The van der Waals surface area contributed by atoms with Crippen LogP contribution in [-0.4, -0.2) is 48.9 Å². The zero-order valence-corrected chi connectivity index (χ0v) is 15.8. The fourth-order valence-electron chi connectivity index (χ4n) is 3.22. The van der Waals surface area contributed by atoms with Gasteiger partial charge in [0.2, 0.25) is 0 Å². The number of carbonyl (C=O) groups excluding carboxylic acids is 2. The Morgan fingerprint density at radius 1 is 1.11 bits per heavy atom. The van der Waals surface area contributed by atoms with E-state index < -0.39 is 5.82 Å². The molecule has 2 N–H and O–H groups in total. The maximum absolute atomic E-state index is 13.7. The summed E-state index contributed by atoms with van der Waals surface area (Å²) >= 11 is 6.11. The summed E-state index contributed by atoms with van der Waals surface area (Å²) in [5.74, 6) is -0.785. The molecule has 3 rings (SSSR count). The Labute approximate surface area is 162 Å². The number of rotatable bonds is 4. The number of amides is 2. The molecule has 1 saturated heterocycles. The molecule has 1 heterocycles. The number of piperazine rings is 1. The Morgan fingerprint density at radius 3 is 2.41 bits per heavy atom. The molecule has 0 saturated carbocycles. The highest BCUT2D eigenvalue weighted by Crippen LogP contribution is 2.17. The van der Waals surface area contributed by atoms with E-state index >= 15 is 0 Å². The van der Waals surface area contributed by atoms with Crippen LogP contribution in [-0.2, 0) is 4.79 Å². The molecule has 142 valence electrons. The lowest BCUT2D eigenvalue weighted by Crippen LogP contribution is -3.19. The van der Waals surface area contributed by atoms with Gasteiger partial charge in [-0.1, -0.05) is 35.9 Å². The van der Waals surface area contributed by atoms with Crippen LogP contribution in [0.25, 0.3) is 0 Å². The van der Waals surface area contributed by atoms with Crippen molar-refractivity contribution in [2.24, 2.45) is 0 Å². The van der Waals surface area contributed by atoms with Gasteiger partial charge in [-0.15, -0.1) is 0 Å². The van der Waals surface area contributed by atoms with Gasteiger partial charge in [-0.2, -0.15) is 0 Å². The first kappa shape index (κ1) is 19.3. The summed E-state index contributed by atoms with van der Waals surface area (Å²) in [7, 11) is 0. The van der Waals surface area contributed by atoms with E-state index in [1.54, 1.807) is 41.3 Å². The number of nitrogens with one attached hydrogen (secondary N) is 2. The van der Waals surface area contributed by atoms with E-state index in [0.717, 1.165) is 4.90 Å². The Morgan fingerprint density at radius 2 is 1.74 bits per heavy atom. The third kappa shape index (κ3) is 4.46. The van der Waals surface area contributed by atoms with Crippen LogP contribution in [0.4, 0.5) is 10.1 Å². The first-order valence-corrected chi connectivity index (χ1v) is 9.29. The minimum Gasteiger partial charge on any atom is -0.327 e. The Bertz CT molecular complexity index is 837. The predicted molar refractivity (Wildman–Crippen MR) is 103 cm³/mol. The molecule has 0 aromatic heterocycles. The van der Waals surface area contributed by atoms with Crippen LogP contribution < -0.4 is 10.2 Å². The molecule has 2 amide bonds. The third-order valence-corrected chi connectivity index (χ3v) is 5.26. The van der Waals surface area contributed by atoms with E-state index in [1.807, 2.05) is 6.92 Å². The van der Waals surface area contributed by atoms with Crippen molar-refractivity contribution in [3.8, 4) is 0 Å². The molecule has 27 heavy (non-hydrogen) atoms. The van der Waals surface area contributed by atoms with Gasteiger partial charge in [0.1, 0.15) is 5.82 Å². The Balaban J connectivity index is 1.57. The van der Waals surface area contributed by atoms with Crippen molar-refractivity contribution in [1.82, 2.24) is 4.90 Å². The standard InChI is InChI=1S/C20H21ClFN3O2/c1-14(19(26)23-18-9-5-4-8-17(18)22)24-10-12-25(13-11-24)20(27)15-6-2-3-7-16(15)21/h2-9,14H,10-13H2,1H3,(H,23,26)/p+1/t14-/m1/s1. The summed E-state index contributed by atoms with van der Waals surface area (Å²) in [4.78, 5) is 27.9. The van der Waals surface area contributed by atoms with Crippen LogP contribution in [0.1, 0.15) is 17.3 Å². The summed E-state index contributed by atoms with van der Waals surface area (Å²) in [6, 6.07) is 12.8. The summed E-state index contributed by atoms with van der Waals surface area (Å²) in [6.45, 7) is 4.18. The number of carbonyl (C=O) groups is 2. The second-order valence-corrected chi connectivity index (χ2v) is 7.03. The van der Waals surface area contributed by atoms with Crippen LogP contribution in [0.2, 0.25) is 5.02 Å². The zero-order chi connectivity index (χ0) is 19.4. The van der Waals surface area contributed by atoms with Gasteiger partial charge in [-0.05, 0) is 31.2 Å². The van der Waals surface area contributed by atoms with E-state index in [0.29, 0.717) is 36.8 Å². The van der Waals surface area contributed by atoms with Gasteiger partial charge in [0, 0.05) is 0 Å². The first-order valence-electron chi connectivity index (χ1n) is 8.91. The minimum absolute atomic E-state index is 0.0943. The fourth-order valence-corrected chi connectivity index (χ4v) is 3.44. The molecule has 0 unspecified atom stereocenters. The molecular weight excluding hydrogens is 369 g/mol. The molecule has 1 fully saturated rings. The van der Waals surface area contributed by atoms with E-state index in [1.165, 1.54) is 12.1 Å². The number of hydrogen-bond donors (Lipinski definition) is 2. The normalized spacial score (nSPS) is 16.0. The fraction of sp³-hybridized carbons (Fsp3) is 0.300. The van der Waals surface area contributed by atoms with Crippen molar-refractivity contribution in [2.75, 3.05) is 31.5 Å². The largest absolute Gasteiger partial charge is 0.327 e. The monoisotopic (exact) mass is 390 g/mol. The van der Waals surface area contributed by atoms with E-state index in [4.69, 9.17) is 11.6 Å². The maximum Gasteiger partial charge on any atom is 0.282 e. The average molecular weight is 391 g/mol. The van der Waals surface area contributed by atoms with E-state index in [2.05, 4.69) is 5.32 Å². The smallest absolute Gasteiger partial charge is 0.282 e. The number of halogens is 2. The SMILES string of the molecule is C[C@H](C(=O)Nc1ccccc1F)[NH+]1CCN(C(=O)c2ccccc2Cl)CC1. The molecule has 0 radical (unpaired) electrons. The van der Waals surface area contributed by atoms with Crippen molar-refractivity contribution in [1.29, 1.82) is 0 Å². The maximum atomic E-state index is 13.7. The molecule has 0 aliphatic carbocycles. The Hall–Kier alpha value is -2.44. The van der Waals surface area contributed by atoms with Gasteiger partial charge in [-0.25, -0.2) is 4.39 Å². The van der Waals surface area contributed by atoms with E-state index in [-0.39, 0.29) is 23.5 Å². The van der Waals surface area contributed by atoms with Gasteiger partial charge in [0.25, 0.3) is 11.8 Å². The lowest BCUT2D eigenvalue weighted by atomic mass is 10.1. The van der Waals surface area contributed by atoms with Crippen molar-refractivity contribution in [3.63, 3.8) is 0 Å². The zero-order valence-electron chi connectivity index (χ0n) is 15.0. The topological polar surface area (TPSA) is 53.9 Å². The molecule has 1 aliphatic rings. The lowest BCUT2D eigenvalue weighted by molar-refractivity contribution is -0.917. The van der Waals surface area contributed by atoms with Gasteiger partial charge >= 0.3 is 0 Å². The summed E-state index contributed by atoms with van der Waals surface area (Å²) in [5, 5.41) is 3.08. The minimum atomic E-state index is -0.455. The van der Waals surface area contributed by atoms with Crippen LogP contribution in [0.5, 0.6) is 0 Å². The first-order chi connectivity index (χ1) is 13.0. The molecule has 1 aliphatic heterocycles. The molecule has 7 heteroatoms. The summed E-state index contributed by atoms with van der Waals surface area (Å²) in [6.07, 6.45) is 0. The molecule has 2 aromatic carbocycles. The van der Waals surface area contributed by atoms with Crippen molar-refractivity contribution < 1.29 is 18.9 Å². The second-order valence-electron chi connectivity index (χ2n) is 6.62. The number of anilines is 1. The molecule has 5 nitrogen and oxygen atoms in total. The quantitative estimate of drug-likeness (QED) is 0.837. The highest BCUT2D eigenvalue weighted by molar-refractivity contribution is 6.33. The van der Waals surface area contributed by atoms with Gasteiger partial charge < -0.3 is 15.1 Å². The van der Waals surface area contributed by atoms with Crippen LogP contribution >= 0.6 is 11.6 Å². The van der Waals surface area contributed by atoms with Gasteiger partial charge in [0.05, 0.1) is 42.5 Å². The highest BCUT2D eigenvalue weighted by Gasteiger charge is 2.31. The van der Waals surface area contributed by atoms with Crippen molar-refractivity contribution in [3.05, 3.63) is 64.9 Å². The Kier molecular flexibility index (Phi) is 6.08. The third-order valence-electron chi connectivity index (χ3n) is 4.93. The number of benzene rings is 2. The van der Waals surface area contributed by atoms with Gasteiger partial charge in [-0.3, -0.25) is 9.59 Å². The molecule has 0 spiro atoms. The molecule has 1 atom stereocenters. The van der Waals surface area contributed by atoms with Crippen LogP contribution in [0.15, 0.2) is 48.5 Å². The number of nitrogens with zero attached hydrogens (tertiary/aromatic N) is 1. The van der Waals surface area contributed by atoms with Gasteiger partial charge in [0.15, 0.2) is 6.04 Å². The molecule has 0 bridgehead atoms. The highest BCUT2D eigenvalue weighted by atomic mass is 35.5. The lowest BCUT2D eigenvalue weighted by Gasteiger charge is -2.35. The number of hydrogen-bond acceptors (Lipinski definition) is 2.